The summed E-state index contributed by atoms with van der Waals surface area (Å²) in [6.45, 7) is 1.46. The van der Waals surface area contributed by atoms with Gasteiger partial charge in [-0.15, -0.1) is 11.8 Å². The lowest BCUT2D eigenvalue weighted by atomic mass is 9.84. The normalized spacial score (nSPS) is 12.6. The minimum atomic E-state index is -1.70. The molecule has 20 heteroatoms. The molecule has 11 N–H and O–H groups in total. The molecule has 7 aromatic rings. The first-order valence-corrected chi connectivity index (χ1v) is 27.2. The number of aromatic hydroxyl groups is 1. The van der Waals surface area contributed by atoms with E-state index in [1.807, 2.05) is 122 Å². The van der Waals surface area contributed by atoms with Gasteiger partial charge >= 0.3 is 11.9 Å². The van der Waals surface area contributed by atoms with Crippen molar-refractivity contribution in [2.75, 3.05) is 22.9 Å². The van der Waals surface area contributed by atoms with Crippen LogP contribution in [-0.2, 0) is 51.2 Å². The van der Waals surface area contributed by atoms with Crippen molar-refractivity contribution >= 4 is 92.8 Å². The molecule has 0 bridgehead atoms. The summed E-state index contributed by atoms with van der Waals surface area (Å²) in [6.07, 6.45) is 1.92. The SMILES string of the molecule is CCCC[C@H](NC(=O)[C@H](Cc1c[nH]c2ccccc12)NC(=S)Nc1ccc(O)c(NC(=O)CNC(=O)CSC(c2ccccc2)(c2ccccc2)c2ccccc2)c1)C(=O)N[C@@H](CC(=O)O)C(=O)N[C@@H](Cc1ccccc1)C(=O)O. The number of aliphatic carboxylic acids is 2. The number of nitrogens with one attached hydrogen (secondary N) is 8. The number of phenolic OH excluding ortho intramolecular Hbond substituents is 1. The van der Waals surface area contributed by atoms with Gasteiger partial charge in [0.05, 0.1) is 29.2 Å². The molecule has 0 radical (unpaired) electrons. The van der Waals surface area contributed by atoms with E-state index in [2.05, 4.69) is 42.2 Å². The zero-order valence-corrected chi connectivity index (χ0v) is 45.3. The van der Waals surface area contributed by atoms with Gasteiger partial charge in [-0.25, -0.2) is 4.79 Å². The predicted octanol–water partition coefficient (Wildman–Crippen LogP) is 7.00. The first kappa shape index (κ1) is 58.7. The van der Waals surface area contributed by atoms with Crippen LogP contribution < -0.4 is 37.2 Å². The van der Waals surface area contributed by atoms with Crippen molar-refractivity contribution in [1.29, 1.82) is 0 Å². The van der Waals surface area contributed by atoms with E-state index in [4.69, 9.17) is 12.2 Å². The van der Waals surface area contributed by atoms with Gasteiger partial charge in [0, 0.05) is 35.6 Å². The van der Waals surface area contributed by atoms with Crippen LogP contribution in [0.5, 0.6) is 5.75 Å². The minimum absolute atomic E-state index is 0.00853. The van der Waals surface area contributed by atoms with Gasteiger partial charge in [-0.2, -0.15) is 0 Å². The molecular weight excluding hydrogens is 1060 g/mol. The zero-order chi connectivity index (χ0) is 57.0. The van der Waals surface area contributed by atoms with Gasteiger partial charge in [0.25, 0.3) is 0 Å². The number of carboxylic acids is 2. The summed E-state index contributed by atoms with van der Waals surface area (Å²) in [4.78, 5) is 96.3. The second kappa shape index (κ2) is 28.6. The molecule has 0 fully saturated rings. The predicted molar refractivity (Wildman–Crippen MR) is 312 cm³/mol. The van der Waals surface area contributed by atoms with Gasteiger partial charge in [-0.3, -0.25) is 28.8 Å². The number of para-hydroxylation sites is 1. The van der Waals surface area contributed by atoms with E-state index in [0.29, 0.717) is 24.1 Å². The number of fused-ring (bicyclic) bond motifs is 1. The molecule has 0 unspecified atom stereocenters. The van der Waals surface area contributed by atoms with Crippen molar-refractivity contribution in [3.63, 3.8) is 0 Å². The number of thioether (sulfide) groups is 1. The van der Waals surface area contributed by atoms with Crippen LogP contribution in [0.1, 0.15) is 60.4 Å². The van der Waals surface area contributed by atoms with Crippen LogP contribution in [0.25, 0.3) is 10.9 Å². The third kappa shape index (κ3) is 16.0. The van der Waals surface area contributed by atoms with E-state index in [1.54, 1.807) is 36.5 Å². The molecule has 4 atom stereocenters. The van der Waals surface area contributed by atoms with Crippen molar-refractivity contribution < 1.29 is 48.9 Å². The summed E-state index contributed by atoms with van der Waals surface area (Å²) in [5.74, 6) is -6.72. The van der Waals surface area contributed by atoms with Crippen LogP contribution >= 0.6 is 24.0 Å². The second-order valence-electron chi connectivity index (χ2n) is 18.8. The number of anilines is 2. The van der Waals surface area contributed by atoms with Crippen molar-refractivity contribution in [2.24, 2.45) is 0 Å². The molecule has 80 heavy (non-hydrogen) atoms. The molecule has 414 valence electrons. The maximum Gasteiger partial charge on any atom is 0.326 e. The van der Waals surface area contributed by atoms with Crippen LogP contribution in [0, 0.1) is 0 Å². The number of hydrogen-bond donors (Lipinski definition) is 11. The molecule has 0 aliphatic heterocycles. The summed E-state index contributed by atoms with van der Waals surface area (Å²) in [6, 6.07) is 44.2. The topological polar surface area (TPSA) is 280 Å². The standard InChI is InChI=1S/C60H62N8O10S2/c1-2-3-27-46(55(74)66-49(34-54(72)73)57(76)67-50(58(77)78)31-38-18-8-4-9-19-38)65-56(75)48(32-39-35-61-45-28-17-16-26-44(39)45)68-59(79)63-43-29-30-51(69)47(33-43)64-52(70)36-62-53(71)37-80-60(40-20-10-5-11-21-40,41-22-12-6-13-23-41)42-24-14-7-15-25-42/h4-26,28-30,33,35,46,48-50,61,69H,2-3,27,31-32,34,36-37H2,1H3,(H,62,71)(H,64,70)(H,65,75)(H,66,74)(H,67,76)(H,72,73)(H,77,78)(H2,63,68,79)/t46-,48-,49-,50-/m0/s1. The van der Waals surface area contributed by atoms with E-state index in [-0.39, 0.29) is 41.6 Å². The lowest BCUT2D eigenvalue weighted by Crippen LogP contribution is -2.58. The van der Waals surface area contributed by atoms with E-state index in [1.165, 1.54) is 30.0 Å². The van der Waals surface area contributed by atoms with Gasteiger partial charge in [-0.05, 0) is 70.7 Å². The number of amides is 5. The fourth-order valence-electron chi connectivity index (χ4n) is 9.06. The number of rotatable bonds is 27. The van der Waals surface area contributed by atoms with Crippen LogP contribution in [0.3, 0.4) is 0 Å². The summed E-state index contributed by atoms with van der Waals surface area (Å²) in [5.41, 5.74) is 5.31. The summed E-state index contributed by atoms with van der Waals surface area (Å²) < 4.78 is -0.762. The Bertz CT molecular complexity index is 3180. The number of aromatic nitrogens is 1. The van der Waals surface area contributed by atoms with Crippen molar-refractivity contribution in [2.45, 2.75) is 74.4 Å². The molecule has 18 nitrogen and oxygen atoms in total. The Morgan fingerprint density at radius 3 is 1.76 bits per heavy atom. The van der Waals surface area contributed by atoms with Crippen molar-refractivity contribution in [3.05, 3.63) is 198 Å². The van der Waals surface area contributed by atoms with Gasteiger partial charge in [0.15, 0.2) is 5.11 Å². The van der Waals surface area contributed by atoms with Crippen LogP contribution in [0.4, 0.5) is 11.4 Å². The first-order valence-electron chi connectivity index (χ1n) is 25.9. The molecule has 0 aliphatic rings. The van der Waals surface area contributed by atoms with Crippen molar-refractivity contribution in [3.8, 4) is 5.75 Å². The Balaban J connectivity index is 1.01. The Kier molecular flexibility index (Phi) is 20.9. The molecule has 6 aromatic carbocycles. The van der Waals surface area contributed by atoms with Crippen LogP contribution in [0.2, 0.25) is 0 Å². The average Bonchev–Trinajstić information content (AvgIpc) is 3.91. The van der Waals surface area contributed by atoms with Crippen LogP contribution in [-0.4, -0.2) is 103 Å². The lowest BCUT2D eigenvalue weighted by Gasteiger charge is -2.35. The monoisotopic (exact) mass is 1120 g/mol. The summed E-state index contributed by atoms with van der Waals surface area (Å²) in [5, 5.41) is 50.2. The number of carbonyl (C=O) groups is 7. The molecule has 1 heterocycles. The Hall–Kier alpha value is -9.01. The van der Waals surface area contributed by atoms with Crippen molar-refractivity contribution in [1.82, 2.24) is 31.6 Å². The Morgan fingerprint density at radius 2 is 1.16 bits per heavy atom. The number of phenols is 1. The van der Waals surface area contributed by atoms with Gasteiger partial charge in [0.1, 0.15) is 29.9 Å². The molecule has 7 rings (SSSR count). The maximum absolute atomic E-state index is 14.5. The Morgan fingerprint density at radius 1 is 0.613 bits per heavy atom. The molecule has 0 aliphatic carbocycles. The minimum Gasteiger partial charge on any atom is -0.506 e. The van der Waals surface area contributed by atoms with Gasteiger partial charge < -0.3 is 57.5 Å². The lowest BCUT2D eigenvalue weighted by molar-refractivity contribution is -0.143. The molecule has 0 saturated heterocycles. The third-order valence-corrected chi connectivity index (χ3v) is 14.8. The number of carbonyl (C=O) groups excluding carboxylic acids is 5. The smallest absolute Gasteiger partial charge is 0.326 e. The van der Waals surface area contributed by atoms with E-state index >= 15 is 0 Å². The van der Waals surface area contributed by atoms with E-state index < -0.39 is 83.4 Å². The van der Waals surface area contributed by atoms with E-state index in [9.17, 15) is 48.9 Å². The quantitative estimate of drug-likeness (QED) is 0.0107. The maximum atomic E-state index is 14.5. The number of carboxylic acid groups (broad SMARTS) is 2. The second-order valence-corrected chi connectivity index (χ2v) is 20.4. The molecular formula is C60H62N8O10S2. The number of unbranched alkanes of at least 4 members (excludes halogenated alkanes) is 1. The number of hydrogen-bond acceptors (Lipinski definition) is 10. The van der Waals surface area contributed by atoms with Gasteiger partial charge in [-0.1, -0.05) is 159 Å². The van der Waals surface area contributed by atoms with Gasteiger partial charge in [0.2, 0.25) is 29.5 Å². The third-order valence-electron chi connectivity index (χ3n) is 13.0. The molecule has 0 saturated carbocycles. The summed E-state index contributed by atoms with van der Waals surface area (Å²) >= 11 is 7.15. The highest BCUT2D eigenvalue weighted by molar-refractivity contribution is 8.01. The average molecular weight is 1120 g/mol. The number of benzene rings is 6. The first-order chi connectivity index (χ1) is 38.6. The molecule has 0 spiro atoms. The highest BCUT2D eigenvalue weighted by atomic mass is 32.2. The number of thiocarbonyl (C=S) groups is 1. The molecule has 1 aromatic heterocycles. The highest BCUT2D eigenvalue weighted by Gasteiger charge is 2.38. The Labute approximate surface area is 471 Å². The number of aromatic amines is 1. The number of H-pyrrole nitrogens is 1. The fraction of sp³-hybridized carbons (Fsp3) is 0.233. The van der Waals surface area contributed by atoms with E-state index in [0.717, 1.165) is 33.2 Å². The largest absolute Gasteiger partial charge is 0.506 e. The fourth-order valence-corrected chi connectivity index (χ4v) is 10.7. The zero-order valence-electron chi connectivity index (χ0n) is 43.6. The highest BCUT2D eigenvalue weighted by Crippen LogP contribution is 2.48. The van der Waals surface area contributed by atoms with Crippen LogP contribution in [0.15, 0.2) is 170 Å². The summed E-state index contributed by atoms with van der Waals surface area (Å²) in [7, 11) is 0. The molecule has 5 amide bonds.